The zero-order valence-corrected chi connectivity index (χ0v) is 19.3. The van der Waals surface area contributed by atoms with Gasteiger partial charge in [0.25, 0.3) is 11.8 Å². The van der Waals surface area contributed by atoms with Gasteiger partial charge in [-0.05, 0) is 36.8 Å². The van der Waals surface area contributed by atoms with Crippen molar-refractivity contribution in [3.8, 4) is 0 Å². The van der Waals surface area contributed by atoms with E-state index in [2.05, 4.69) is 15.4 Å². The summed E-state index contributed by atoms with van der Waals surface area (Å²) in [4.78, 5) is 36.4. The predicted molar refractivity (Wildman–Crippen MR) is 118 cm³/mol. The van der Waals surface area contributed by atoms with Gasteiger partial charge in [0.2, 0.25) is 5.91 Å². The van der Waals surface area contributed by atoms with Crippen LogP contribution in [-0.4, -0.2) is 35.0 Å². The summed E-state index contributed by atoms with van der Waals surface area (Å²) in [7, 11) is 0. The molecule has 0 heterocycles. The van der Waals surface area contributed by atoms with Crippen LogP contribution in [0.5, 0.6) is 0 Å². The minimum Gasteiger partial charge on any atom is -0.326 e. The lowest BCUT2D eigenvalue weighted by molar-refractivity contribution is -0.320. The van der Waals surface area contributed by atoms with Crippen molar-refractivity contribution in [1.82, 2.24) is 0 Å². The molecule has 1 atom stereocenters. The molecule has 7 nitrogen and oxygen atoms in total. The molecule has 0 spiro atoms. The van der Waals surface area contributed by atoms with Crippen molar-refractivity contribution in [3.05, 3.63) is 52.6 Å². The van der Waals surface area contributed by atoms with Gasteiger partial charge in [0.05, 0.1) is 22.2 Å². The molecule has 0 aliphatic heterocycles. The van der Waals surface area contributed by atoms with Gasteiger partial charge in [0, 0.05) is 5.69 Å². The summed E-state index contributed by atoms with van der Waals surface area (Å²) in [5, 5.41) is 6.14. The Kier molecular flexibility index (Phi) is 7.80. The molecule has 1 fully saturated rings. The van der Waals surface area contributed by atoms with E-state index in [1.807, 2.05) is 0 Å². The van der Waals surface area contributed by atoms with Gasteiger partial charge in [0.1, 0.15) is 22.4 Å². The molecule has 3 N–H and O–H groups in total. The van der Waals surface area contributed by atoms with Gasteiger partial charge in [-0.3, -0.25) is 19.1 Å². The summed E-state index contributed by atoms with van der Waals surface area (Å²) < 4.78 is 66.9. The van der Waals surface area contributed by atoms with Crippen LogP contribution in [0.4, 0.5) is 39.0 Å². The van der Waals surface area contributed by atoms with Gasteiger partial charge in [-0.1, -0.05) is 11.6 Å². The van der Waals surface area contributed by atoms with E-state index in [-0.39, 0.29) is 22.7 Å². The minimum absolute atomic E-state index is 0.0868. The lowest BCUT2D eigenvalue weighted by Gasteiger charge is -2.14. The third kappa shape index (κ3) is 6.94. The molecule has 1 aliphatic carbocycles. The topological polar surface area (TPSA) is 96.5 Å². The molecule has 0 bridgehead atoms. The van der Waals surface area contributed by atoms with Gasteiger partial charge in [-0.2, -0.15) is 0 Å². The summed E-state index contributed by atoms with van der Waals surface area (Å²) in [5.41, 5.74) is -1.80. The first-order valence-corrected chi connectivity index (χ1v) is 10.6. The second-order valence-electron chi connectivity index (χ2n) is 7.22. The molecule has 2 aromatic rings. The maximum atomic E-state index is 14.7. The van der Waals surface area contributed by atoms with Crippen LogP contribution in [0.25, 0.3) is 0 Å². The number of carbonyl (C=O) groups excluding carboxylic acids is 3. The third-order valence-corrected chi connectivity index (χ3v) is 5.76. The Morgan fingerprint density at radius 1 is 1.06 bits per heavy atom. The Labute approximate surface area is 208 Å². The zero-order chi connectivity index (χ0) is 26.1. The number of nitrogens with one attached hydrogen (secondary N) is 3. The van der Waals surface area contributed by atoms with Crippen molar-refractivity contribution < 1.29 is 41.1 Å². The lowest BCUT2D eigenvalue weighted by Crippen LogP contribution is -2.25. The fourth-order valence-electron chi connectivity index (χ4n) is 2.78. The van der Waals surface area contributed by atoms with Crippen LogP contribution in [0.3, 0.4) is 0 Å². The van der Waals surface area contributed by atoms with Crippen LogP contribution in [0, 0.1) is 17.6 Å². The van der Waals surface area contributed by atoms with E-state index in [1.54, 1.807) is 5.32 Å². The molecule has 1 aliphatic rings. The minimum atomic E-state index is -5.13. The summed E-state index contributed by atoms with van der Waals surface area (Å²) >= 11 is 17.7. The maximum absolute atomic E-state index is 14.7. The van der Waals surface area contributed by atoms with Gasteiger partial charge in [0.15, 0.2) is 5.82 Å². The zero-order valence-electron chi connectivity index (χ0n) is 17.0. The van der Waals surface area contributed by atoms with Gasteiger partial charge in [-0.25, -0.2) is 8.78 Å². The first kappa shape index (κ1) is 26.9. The van der Waals surface area contributed by atoms with Crippen LogP contribution < -0.4 is 16.0 Å². The van der Waals surface area contributed by atoms with Gasteiger partial charge >= 0.3 is 6.36 Å². The Morgan fingerprint density at radius 3 is 2.31 bits per heavy atom. The van der Waals surface area contributed by atoms with E-state index < -0.39 is 64.0 Å². The third-order valence-electron chi connectivity index (χ3n) is 4.59. The quantitative estimate of drug-likeness (QED) is 0.309. The molecule has 188 valence electrons. The lowest BCUT2D eigenvalue weighted by atomic mass is 10.1. The largest absolute Gasteiger partial charge is 0.523 e. The molecule has 3 amide bonds. The van der Waals surface area contributed by atoms with Gasteiger partial charge < -0.3 is 16.0 Å². The number of hydrogen-bond donors (Lipinski definition) is 3. The SMILES string of the molecule is O=C(COC(F)(F)F)Nc1c(F)ccc(NC(=O)c2cc(NC(=O)[C@H]3CC3(Cl)Cl)ccc2Cl)c1F. The summed E-state index contributed by atoms with van der Waals surface area (Å²) in [6.07, 6.45) is -4.89. The number of hydrogen-bond acceptors (Lipinski definition) is 4. The highest BCUT2D eigenvalue weighted by molar-refractivity contribution is 6.52. The molecule has 0 saturated heterocycles. The van der Waals surface area contributed by atoms with E-state index >= 15 is 0 Å². The van der Waals surface area contributed by atoms with E-state index in [0.29, 0.717) is 6.07 Å². The maximum Gasteiger partial charge on any atom is 0.523 e. The number of ether oxygens (including phenoxy) is 1. The molecule has 2 aromatic carbocycles. The van der Waals surface area contributed by atoms with Crippen molar-refractivity contribution in [2.45, 2.75) is 17.1 Å². The van der Waals surface area contributed by atoms with Crippen molar-refractivity contribution >= 4 is 69.6 Å². The van der Waals surface area contributed by atoms with E-state index in [4.69, 9.17) is 34.8 Å². The summed E-state index contributed by atoms with van der Waals surface area (Å²) in [6.45, 7) is -1.55. The molecule has 0 unspecified atom stereocenters. The molecular weight excluding hydrogens is 548 g/mol. The molecule has 15 heteroatoms. The van der Waals surface area contributed by atoms with Crippen LogP contribution in [-0.2, 0) is 14.3 Å². The number of amides is 3. The molecule has 1 saturated carbocycles. The number of halogens is 8. The number of benzene rings is 2. The number of carbonyl (C=O) groups is 3. The fourth-order valence-corrected chi connectivity index (χ4v) is 3.49. The molecule has 0 aromatic heterocycles. The van der Waals surface area contributed by atoms with E-state index in [0.717, 1.165) is 6.07 Å². The van der Waals surface area contributed by atoms with Crippen LogP contribution in [0.1, 0.15) is 16.8 Å². The second-order valence-corrected chi connectivity index (χ2v) is 9.17. The molecule has 3 rings (SSSR count). The van der Waals surface area contributed by atoms with Crippen molar-refractivity contribution in [2.24, 2.45) is 5.92 Å². The standard InChI is InChI=1S/C20H13Cl3F5N3O4/c21-11-2-1-8(29-18(34)10-6-19(10,22)23)5-9(11)17(33)30-13-4-3-12(24)16(15(13)25)31-14(32)7-35-20(26,27)28/h1-5,10H,6-7H2,(H,29,34)(H,30,33)(H,31,32)/t10-/m1/s1. The van der Waals surface area contributed by atoms with Crippen molar-refractivity contribution in [3.63, 3.8) is 0 Å². The number of anilines is 3. The number of alkyl halides is 5. The van der Waals surface area contributed by atoms with Crippen molar-refractivity contribution in [2.75, 3.05) is 22.6 Å². The molecular formula is C20H13Cl3F5N3O4. The Bertz CT molecular complexity index is 1190. The number of rotatable bonds is 7. The first-order valence-electron chi connectivity index (χ1n) is 9.46. The molecule has 0 radical (unpaired) electrons. The van der Waals surface area contributed by atoms with E-state index in [1.165, 1.54) is 18.2 Å². The average molecular weight is 561 g/mol. The van der Waals surface area contributed by atoms with E-state index in [9.17, 15) is 36.3 Å². The Morgan fingerprint density at radius 2 is 1.71 bits per heavy atom. The van der Waals surface area contributed by atoms with Crippen molar-refractivity contribution in [1.29, 1.82) is 0 Å². The first-order chi connectivity index (χ1) is 16.2. The highest BCUT2D eigenvalue weighted by Gasteiger charge is 2.56. The highest BCUT2D eigenvalue weighted by atomic mass is 35.5. The van der Waals surface area contributed by atoms with Gasteiger partial charge in [-0.15, -0.1) is 36.4 Å². The molecule has 35 heavy (non-hydrogen) atoms. The Balaban J connectivity index is 1.74. The van der Waals surface area contributed by atoms with Crippen LogP contribution in [0.2, 0.25) is 5.02 Å². The highest BCUT2D eigenvalue weighted by Crippen LogP contribution is 2.53. The smallest absolute Gasteiger partial charge is 0.326 e. The normalized spacial score (nSPS) is 16.4. The average Bonchev–Trinajstić information content (AvgIpc) is 3.40. The van der Waals surface area contributed by atoms with Crippen LogP contribution in [0.15, 0.2) is 30.3 Å². The fraction of sp³-hybridized carbons (Fsp3) is 0.250. The predicted octanol–water partition coefficient (Wildman–Crippen LogP) is 5.48. The second kappa shape index (κ2) is 10.1. The monoisotopic (exact) mass is 559 g/mol. The van der Waals surface area contributed by atoms with Crippen LogP contribution >= 0.6 is 34.8 Å². The Hall–Kier alpha value is -2.67. The summed E-state index contributed by atoms with van der Waals surface area (Å²) in [6, 6.07) is 5.33. The summed E-state index contributed by atoms with van der Waals surface area (Å²) in [5.74, 6) is -6.43.